The minimum absolute atomic E-state index is 0.0761. The highest BCUT2D eigenvalue weighted by atomic mass is 35.5. The van der Waals surface area contributed by atoms with E-state index in [-0.39, 0.29) is 30.3 Å². The van der Waals surface area contributed by atoms with Gasteiger partial charge in [0, 0.05) is 25.6 Å². The third-order valence-electron chi connectivity index (χ3n) is 4.02. The van der Waals surface area contributed by atoms with Gasteiger partial charge in [0.15, 0.2) is 0 Å². The molecule has 2 aromatic rings. The van der Waals surface area contributed by atoms with Crippen LogP contribution in [0.4, 0.5) is 11.4 Å². The molecule has 1 N–H and O–H groups in total. The summed E-state index contributed by atoms with van der Waals surface area (Å²) in [7, 11) is 1.27. The number of para-hydroxylation sites is 1. The number of rotatable bonds is 6. The summed E-state index contributed by atoms with van der Waals surface area (Å²) in [5, 5.41) is 3.13. The molecule has 0 spiro atoms. The molecule has 0 aliphatic rings. The largest absolute Gasteiger partial charge is 0.465 e. The summed E-state index contributed by atoms with van der Waals surface area (Å²) in [6, 6.07) is 12.0. The van der Waals surface area contributed by atoms with Crippen LogP contribution in [0.5, 0.6) is 0 Å². The number of hydrogen-bond donors (Lipinski definition) is 1. The lowest BCUT2D eigenvalue weighted by Crippen LogP contribution is -2.32. The fraction of sp³-hybridized carbons (Fsp3) is 0.250. The van der Waals surface area contributed by atoms with Crippen LogP contribution in [0.3, 0.4) is 0 Å². The van der Waals surface area contributed by atoms with E-state index in [0.29, 0.717) is 10.7 Å². The number of ether oxygens (including phenoxy) is 1. The number of halogens is 1. The summed E-state index contributed by atoms with van der Waals surface area (Å²) in [4.78, 5) is 37.5. The van der Waals surface area contributed by atoms with Crippen LogP contribution in [0, 0.1) is 6.92 Å². The zero-order chi connectivity index (χ0) is 20.0. The second kappa shape index (κ2) is 9.19. The van der Waals surface area contributed by atoms with Gasteiger partial charge in [-0.15, -0.1) is 0 Å². The first-order valence-electron chi connectivity index (χ1n) is 8.35. The van der Waals surface area contributed by atoms with Gasteiger partial charge in [-0.25, -0.2) is 4.79 Å². The summed E-state index contributed by atoms with van der Waals surface area (Å²) in [6.07, 6.45) is 0.0761. The molecule has 0 atom stereocenters. The molecule has 0 aliphatic carbocycles. The number of hydrogen-bond acceptors (Lipinski definition) is 4. The van der Waals surface area contributed by atoms with Gasteiger partial charge in [0.05, 0.1) is 23.4 Å². The summed E-state index contributed by atoms with van der Waals surface area (Å²) < 4.78 is 4.70. The maximum Gasteiger partial charge on any atom is 0.337 e. The van der Waals surface area contributed by atoms with Crippen LogP contribution in [0.1, 0.15) is 29.3 Å². The van der Waals surface area contributed by atoms with E-state index in [1.807, 2.05) is 31.2 Å². The lowest BCUT2D eigenvalue weighted by atomic mass is 10.1. The molecule has 6 nitrogen and oxygen atoms in total. The van der Waals surface area contributed by atoms with E-state index >= 15 is 0 Å². The number of anilines is 2. The van der Waals surface area contributed by atoms with Gasteiger partial charge in [-0.05, 0) is 36.8 Å². The maximum absolute atomic E-state index is 12.3. The Bertz CT molecular complexity index is 867. The van der Waals surface area contributed by atoms with Crippen LogP contribution < -0.4 is 10.2 Å². The molecule has 2 aromatic carbocycles. The number of esters is 1. The quantitative estimate of drug-likeness (QED) is 0.763. The average Bonchev–Trinajstić information content (AvgIpc) is 2.64. The van der Waals surface area contributed by atoms with Crippen molar-refractivity contribution in [3.63, 3.8) is 0 Å². The molecule has 0 saturated heterocycles. The number of carbonyl (C=O) groups excluding carboxylic acids is 3. The Labute approximate surface area is 163 Å². The Morgan fingerprint density at radius 2 is 1.85 bits per heavy atom. The van der Waals surface area contributed by atoms with Crippen LogP contribution in [0.15, 0.2) is 42.5 Å². The Hall–Kier alpha value is -2.86. The van der Waals surface area contributed by atoms with Crippen molar-refractivity contribution >= 4 is 40.8 Å². The molecule has 0 aromatic heterocycles. The van der Waals surface area contributed by atoms with Gasteiger partial charge in [-0.3, -0.25) is 9.59 Å². The van der Waals surface area contributed by atoms with E-state index in [9.17, 15) is 14.4 Å². The first-order chi connectivity index (χ1) is 12.8. The molecule has 7 heteroatoms. The van der Waals surface area contributed by atoms with Crippen LogP contribution >= 0.6 is 11.6 Å². The van der Waals surface area contributed by atoms with Crippen molar-refractivity contribution in [1.29, 1.82) is 0 Å². The highest BCUT2D eigenvalue weighted by molar-refractivity contribution is 6.34. The van der Waals surface area contributed by atoms with Gasteiger partial charge in [0.1, 0.15) is 0 Å². The molecule has 0 saturated carbocycles. The number of aryl methyl sites for hydroxylation is 1. The van der Waals surface area contributed by atoms with E-state index in [1.54, 1.807) is 0 Å². The van der Waals surface area contributed by atoms with Crippen molar-refractivity contribution in [1.82, 2.24) is 0 Å². The molecule has 27 heavy (non-hydrogen) atoms. The van der Waals surface area contributed by atoms with E-state index in [4.69, 9.17) is 16.3 Å². The van der Waals surface area contributed by atoms with Crippen LogP contribution in [-0.2, 0) is 14.3 Å². The molecule has 142 valence electrons. The second-order valence-electron chi connectivity index (χ2n) is 5.94. The second-order valence-corrected chi connectivity index (χ2v) is 6.35. The molecule has 0 bridgehead atoms. The van der Waals surface area contributed by atoms with Gasteiger partial charge >= 0.3 is 5.97 Å². The maximum atomic E-state index is 12.3. The van der Waals surface area contributed by atoms with E-state index in [2.05, 4.69) is 5.32 Å². The lowest BCUT2D eigenvalue weighted by molar-refractivity contribution is -0.117. The van der Waals surface area contributed by atoms with Gasteiger partial charge in [-0.1, -0.05) is 29.8 Å². The normalized spacial score (nSPS) is 10.2. The molecule has 2 amide bonds. The SMILES string of the molecule is COC(=O)c1ccc(Cl)c(N(CCC(=O)Nc2ccccc2C)C(C)=O)c1. The Balaban J connectivity index is 2.14. The van der Waals surface area contributed by atoms with E-state index in [1.165, 1.54) is 37.1 Å². The van der Waals surface area contributed by atoms with Crippen LogP contribution in [0.25, 0.3) is 0 Å². The minimum atomic E-state index is -0.534. The van der Waals surface area contributed by atoms with Crippen molar-refractivity contribution in [2.45, 2.75) is 20.3 Å². The molecular weight excluding hydrogens is 368 g/mol. The van der Waals surface area contributed by atoms with Gasteiger partial charge < -0.3 is 15.0 Å². The van der Waals surface area contributed by atoms with Gasteiger partial charge in [-0.2, -0.15) is 0 Å². The third-order valence-corrected chi connectivity index (χ3v) is 4.34. The fourth-order valence-electron chi connectivity index (χ4n) is 2.55. The first kappa shape index (κ1) is 20.5. The van der Waals surface area contributed by atoms with Crippen molar-refractivity contribution in [3.05, 3.63) is 58.6 Å². The number of amides is 2. The summed E-state index contributed by atoms with van der Waals surface area (Å²) in [6.45, 7) is 3.40. The topological polar surface area (TPSA) is 75.7 Å². The molecule has 0 radical (unpaired) electrons. The number of nitrogens with one attached hydrogen (secondary N) is 1. The summed E-state index contributed by atoms with van der Waals surface area (Å²) >= 11 is 6.20. The molecule has 2 rings (SSSR count). The fourth-order valence-corrected chi connectivity index (χ4v) is 2.77. The zero-order valence-corrected chi connectivity index (χ0v) is 16.2. The van der Waals surface area contributed by atoms with Gasteiger partial charge in [0.2, 0.25) is 11.8 Å². The van der Waals surface area contributed by atoms with Crippen molar-refractivity contribution in [3.8, 4) is 0 Å². The summed E-state index contributed by atoms with van der Waals surface area (Å²) in [5.41, 5.74) is 2.30. The standard InChI is InChI=1S/C20H21ClN2O4/c1-13-6-4-5-7-17(13)22-19(25)10-11-23(14(2)24)18-12-15(20(26)27-3)8-9-16(18)21/h4-9,12H,10-11H2,1-3H3,(H,22,25). The number of nitrogens with zero attached hydrogens (tertiary/aromatic N) is 1. The van der Waals surface area contributed by atoms with Crippen LogP contribution in [0.2, 0.25) is 5.02 Å². The Morgan fingerprint density at radius 1 is 1.15 bits per heavy atom. The first-order valence-corrected chi connectivity index (χ1v) is 8.72. The molecular formula is C20H21ClN2O4. The van der Waals surface area contributed by atoms with Crippen LogP contribution in [-0.4, -0.2) is 31.4 Å². The number of methoxy groups -OCH3 is 1. The van der Waals surface area contributed by atoms with E-state index in [0.717, 1.165) is 11.3 Å². The third kappa shape index (κ3) is 5.31. The smallest absolute Gasteiger partial charge is 0.337 e. The van der Waals surface area contributed by atoms with Crippen molar-refractivity contribution < 1.29 is 19.1 Å². The molecule has 0 heterocycles. The predicted molar refractivity (Wildman–Crippen MR) is 105 cm³/mol. The lowest BCUT2D eigenvalue weighted by Gasteiger charge is -2.22. The number of carbonyl (C=O) groups is 3. The zero-order valence-electron chi connectivity index (χ0n) is 15.4. The number of benzene rings is 2. The van der Waals surface area contributed by atoms with Crippen molar-refractivity contribution in [2.24, 2.45) is 0 Å². The average molecular weight is 389 g/mol. The molecule has 0 fully saturated rings. The Kier molecular flexibility index (Phi) is 6.96. The van der Waals surface area contributed by atoms with E-state index < -0.39 is 5.97 Å². The predicted octanol–water partition coefficient (Wildman–Crippen LogP) is 3.82. The molecule has 0 unspecified atom stereocenters. The summed E-state index contributed by atoms with van der Waals surface area (Å²) in [5.74, 6) is -1.05. The highest BCUT2D eigenvalue weighted by Crippen LogP contribution is 2.28. The Morgan fingerprint density at radius 3 is 2.48 bits per heavy atom. The minimum Gasteiger partial charge on any atom is -0.465 e. The monoisotopic (exact) mass is 388 g/mol. The highest BCUT2D eigenvalue weighted by Gasteiger charge is 2.19. The van der Waals surface area contributed by atoms with Gasteiger partial charge in [0.25, 0.3) is 0 Å². The van der Waals surface area contributed by atoms with Crippen molar-refractivity contribution in [2.75, 3.05) is 23.9 Å². The molecule has 0 aliphatic heterocycles.